The number of benzene rings is 1. The van der Waals surface area contributed by atoms with E-state index < -0.39 is 0 Å². The highest BCUT2D eigenvalue weighted by Crippen LogP contribution is 2.32. The Hall–Kier alpha value is -1.55. The van der Waals surface area contributed by atoms with Crippen molar-refractivity contribution in [3.05, 3.63) is 24.3 Å². The van der Waals surface area contributed by atoms with Crippen molar-refractivity contribution in [2.24, 2.45) is 17.6 Å². The summed E-state index contributed by atoms with van der Waals surface area (Å²) in [6, 6.07) is 7.78. The summed E-state index contributed by atoms with van der Waals surface area (Å²) in [5.74, 6) is 1.41. The molecule has 3 N–H and O–H groups in total. The molecule has 0 bridgehead atoms. The zero-order chi connectivity index (χ0) is 16.1. The van der Waals surface area contributed by atoms with Gasteiger partial charge in [-0.3, -0.25) is 4.79 Å². The van der Waals surface area contributed by atoms with Gasteiger partial charge in [-0.15, -0.1) is 0 Å². The number of nitrogens with one attached hydrogen (secondary N) is 1. The van der Waals surface area contributed by atoms with E-state index in [1.807, 2.05) is 24.3 Å². The number of hydrogen-bond acceptors (Lipinski definition) is 3. The Morgan fingerprint density at radius 1 is 1.04 bits per heavy atom. The van der Waals surface area contributed by atoms with Crippen molar-refractivity contribution in [1.29, 1.82) is 0 Å². The minimum atomic E-state index is 0.0677. The third-order valence-electron chi connectivity index (χ3n) is 5.28. The summed E-state index contributed by atoms with van der Waals surface area (Å²) in [7, 11) is 0. The molecule has 0 aliphatic heterocycles. The van der Waals surface area contributed by atoms with Crippen LogP contribution in [0.5, 0.6) is 5.75 Å². The molecule has 4 heteroatoms. The van der Waals surface area contributed by atoms with Crippen LogP contribution in [0.3, 0.4) is 0 Å². The van der Waals surface area contributed by atoms with Crippen molar-refractivity contribution < 1.29 is 9.53 Å². The summed E-state index contributed by atoms with van der Waals surface area (Å²) in [6.07, 6.45) is 9.66. The largest absolute Gasteiger partial charge is 0.490 e. The Morgan fingerprint density at radius 3 is 2.48 bits per heavy atom. The first-order valence-electron chi connectivity index (χ1n) is 9.04. The lowest BCUT2D eigenvalue weighted by atomic mass is 9.95. The van der Waals surface area contributed by atoms with Gasteiger partial charge in [-0.05, 0) is 75.3 Å². The zero-order valence-corrected chi connectivity index (χ0v) is 13.8. The maximum Gasteiger partial charge on any atom is 0.227 e. The number of rotatable bonds is 5. The van der Waals surface area contributed by atoms with Crippen molar-refractivity contribution in [2.45, 2.75) is 57.5 Å². The van der Waals surface area contributed by atoms with Crippen molar-refractivity contribution >= 4 is 11.6 Å². The highest BCUT2D eigenvalue weighted by Gasteiger charge is 2.31. The molecular formula is C19H28N2O2. The molecule has 23 heavy (non-hydrogen) atoms. The first kappa shape index (κ1) is 16.3. The van der Waals surface area contributed by atoms with Crippen molar-refractivity contribution in [3.63, 3.8) is 0 Å². The Labute approximate surface area is 138 Å². The molecule has 0 radical (unpaired) electrons. The molecule has 0 aromatic heterocycles. The summed E-state index contributed by atoms with van der Waals surface area (Å²) in [5, 5.41) is 3.03. The maximum absolute atomic E-state index is 12.4. The lowest BCUT2D eigenvalue weighted by Crippen LogP contribution is -2.29. The third-order valence-corrected chi connectivity index (χ3v) is 5.28. The van der Waals surface area contributed by atoms with E-state index in [1.165, 1.54) is 19.3 Å². The summed E-state index contributed by atoms with van der Waals surface area (Å²) in [6.45, 7) is 0.603. The van der Waals surface area contributed by atoms with Gasteiger partial charge in [-0.25, -0.2) is 0 Å². The number of hydrogen-bond donors (Lipinski definition) is 2. The van der Waals surface area contributed by atoms with Gasteiger partial charge in [0, 0.05) is 11.6 Å². The average Bonchev–Trinajstić information content (AvgIpc) is 3.06. The molecular weight excluding hydrogens is 288 g/mol. The molecule has 0 heterocycles. The van der Waals surface area contributed by atoms with Gasteiger partial charge in [-0.2, -0.15) is 0 Å². The monoisotopic (exact) mass is 316 g/mol. The summed E-state index contributed by atoms with van der Waals surface area (Å²) in [5.41, 5.74) is 6.61. The van der Waals surface area contributed by atoms with Crippen LogP contribution in [-0.4, -0.2) is 18.6 Å². The molecule has 3 rings (SSSR count). The van der Waals surface area contributed by atoms with Crippen LogP contribution in [0.4, 0.5) is 5.69 Å². The minimum Gasteiger partial charge on any atom is -0.490 e. The zero-order valence-electron chi connectivity index (χ0n) is 13.8. The Bertz CT molecular complexity index is 509. The van der Waals surface area contributed by atoms with Gasteiger partial charge < -0.3 is 15.8 Å². The van der Waals surface area contributed by atoms with E-state index in [2.05, 4.69) is 5.32 Å². The molecule has 2 saturated carbocycles. The lowest BCUT2D eigenvalue weighted by Gasteiger charge is -2.23. The smallest absolute Gasteiger partial charge is 0.227 e. The molecule has 2 aliphatic rings. The number of ether oxygens (including phenoxy) is 1. The van der Waals surface area contributed by atoms with E-state index >= 15 is 0 Å². The predicted molar refractivity (Wildman–Crippen MR) is 92.5 cm³/mol. The molecule has 1 aromatic rings. The van der Waals surface area contributed by atoms with Crippen LogP contribution in [0, 0.1) is 11.8 Å². The van der Waals surface area contributed by atoms with E-state index in [4.69, 9.17) is 10.5 Å². The first-order chi connectivity index (χ1) is 11.3. The molecule has 126 valence electrons. The molecule has 1 amide bonds. The van der Waals surface area contributed by atoms with Gasteiger partial charge in [0.2, 0.25) is 5.91 Å². The molecule has 2 aliphatic carbocycles. The van der Waals surface area contributed by atoms with Gasteiger partial charge in [0.05, 0.1) is 6.10 Å². The summed E-state index contributed by atoms with van der Waals surface area (Å²) < 4.78 is 6.02. The van der Waals surface area contributed by atoms with Crippen LogP contribution < -0.4 is 15.8 Å². The van der Waals surface area contributed by atoms with Crippen LogP contribution in [-0.2, 0) is 4.79 Å². The van der Waals surface area contributed by atoms with Gasteiger partial charge >= 0.3 is 0 Å². The third kappa shape index (κ3) is 4.25. The quantitative estimate of drug-likeness (QED) is 0.870. The van der Waals surface area contributed by atoms with E-state index in [1.54, 1.807) is 0 Å². The van der Waals surface area contributed by atoms with E-state index in [-0.39, 0.29) is 11.8 Å². The van der Waals surface area contributed by atoms with Crippen molar-refractivity contribution in [3.8, 4) is 5.75 Å². The van der Waals surface area contributed by atoms with Crippen LogP contribution in [0.2, 0.25) is 0 Å². The first-order valence-corrected chi connectivity index (χ1v) is 9.04. The Kier molecular flexibility index (Phi) is 5.55. The molecule has 2 fully saturated rings. The van der Waals surface area contributed by atoms with Crippen LogP contribution in [0.1, 0.15) is 51.4 Å². The van der Waals surface area contributed by atoms with Crippen LogP contribution in [0.25, 0.3) is 0 Å². The number of carbonyl (C=O) groups excluding carboxylic acids is 1. The summed E-state index contributed by atoms with van der Waals surface area (Å²) >= 11 is 0. The lowest BCUT2D eigenvalue weighted by molar-refractivity contribution is -0.120. The van der Waals surface area contributed by atoms with Crippen LogP contribution >= 0.6 is 0 Å². The van der Waals surface area contributed by atoms with Crippen molar-refractivity contribution in [2.75, 3.05) is 11.9 Å². The van der Waals surface area contributed by atoms with Gasteiger partial charge in [0.15, 0.2) is 0 Å². The molecule has 0 unspecified atom stereocenters. The average molecular weight is 316 g/mol. The summed E-state index contributed by atoms with van der Waals surface area (Å²) in [4.78, 5) is 12.4. The van der Waals surface area contributed by atoms with Crippen LogP contribution in [0.15, 0.2) is 24.3 Å². The van der Waals surface area contributed by atoms with E-state index in [0.29, 0.717) is 18.6 Å². The normalized spacial score (nSPS) is 25.3. The number of nitrogens with two attached hydrogens (primary N) is 1. The molecule has 4 nitrogen and oxygen atoms in total. The predicted octanol–water partition coefficient (Wildman–Crippen LogP) is 3.71. The van der Waals surface area contributed by atoms with E-state index in [0.717, 1.165) is 43.5 Å². The second-order valence-corrected chi connectivity index (χ2v) is 6.92. The second-order valence-electron chi connectivity index (χ2n) is 6.92. The van der Waals surface area contributed by atoms with Crippen molar-refractivity contribution in [1.82, 2.24) is 0 Å². The fourth-order valence-corrected chi connectivity index (χ4v) is 3.89. The number of amides is 1. The van der Waals surface area contributed by atoms with Gasteiger partial charge in [0.1, 0.15) is 5.75 Å². The van der Waals surface area contributed by atoms with Gasteiger partial charge in [-0.1, -0.05) is 12.8 Å². The highest BCUT2D eigenvalue weighted by atomic mass is 16.5. The molecule has 2 atom stereocenters. The maximum atomic E-state index is 12.4. The van der Waals surface area contributed by atoms with E-state index in [9.17, 15) is 4.79 Å². The highest BCUT2D eigenvalue weighted by molar-refractivity contribution is 5.93. The molecule has 1 aromatic carbocycles. The topological polar surface area (TPSA) is 64.4 Å². The molecule has 0 spiro atoms. The fourth-order valence-electron chi connectivity index (χ4n) is 3.89. The molecule has 0 saturated heterocycles. The number of anilines is 1. The second kappa shape index (κ2) is 7.82. The Morgan fingerprint density at radius 2 is 1.78 bits per heavy atom. The van der Waals surface area contributed by atoms with Gasteiger partial charge in [0.25, 0.3) is 0 Å². The fraction of sp³-hybridized carbons (Fsp3) is 0.632. The SMILES string of the molecule is NC[C@H]1CCC[C@H]1C(=O)Nc1ccc(OC2CCCCC2)cc1. The Balaban J connectivity index is 1.53. The minimum absolute atomic E-state index is 0.0677. The number of carbonyl (C=O) groups is 1. The standard InChI is InChI=1S/C19H28N2O2/c20-13-14-5-4-8-18(14)19(22)21-15-9-11-17(12-10-15)23-16-6-2-1-3-7-16/h9-12,14,16,18H,1-8,13,20H2,(H,21,22)/t14-,18-/m1/s1.